The van der Waals surface area contributed by atoms with E-state index in [-0.39, 0.29) is 5.82 Å². The summed E-state index contributed by atoms with van der Waals surface area (Å²) in [5, 5.41) is 0. The molecule has 0 nitrogen and oxygen atoms in total. The Balaban J connectivity index is 1.87. The first kappa shape index (κ1) is 14.5. The zero-order valence-corrected chi connectivity index (χ0v) is 14.0. The quantitative estimate of drug-likeness (QED) is 0.520. The third kappa shape index (κ3) is 3.25. The van der Waals surface area contributed by atoms with Gasteiger partial charge in [0.1, 0.15) is 5.82 Å². The van der Waals surface area contributed by atoms with Gasteiger partial charge in [0.15, 0.2) is 0 Å². The fourth-order valence-corrected chi connectivity index (χ4v) is 3.94. The lowest BCUT2D eigenvalue weighted by Gasteiger charge is -2.06. The average Bonchev–Trinajstić information content (AvgIpc) is 2.92. The zero-order valence-electron chi connectivity index (χ0n) is 11.6. The topological polar surface area (TPSA) is 0 Å². The molecule has 0 atom stereocenters. The molecule has 21 heavy (non-hydrogen) atoms. The SMILES string of the molecule is Cc1cccc(Br)c1Cc1ccc(-c2ccc(F)cc2)s1. The number of halogens is 2. The number of hydrogen-bond acceptors (Lipinski definition) is 1. The molecule has 3 rings (SSSR count). The van der Waals surface area contributed by atoms with Gasteiger partial charge in [0.05, 0.1) is 0 Å². The number of aryl methyl sites for hydroxylation is 1. The second kappa shape index (κ2) is 6.12. The van der Waals surface area contributed by atoms with Crippen LogP contribution in [0.5, 0.6) is 0 Å². The Kier molecular flexibility index (Phi) is 4.22. The molecule has 3 aromatic rings. The van der Waals surface area contributed by atoms with Gasteiger partial charge in [0, 0.05) is 20.6 Å². The van der Waals surface area contributed by atoms with E-state index in [1.54, 1.807) is 11.3 Å². The molecule has 0 saturated heterocycles. The van der Waals surface area contributed by atoms with E-state index in [4.69, 9.17) is 0 Å². The van der Waals surface area contributed by atoms with Crippen molar-refractivity contribution in [3.63, 3.8) is 0 Å². The highest BCUT2D eigenvalue weighted by Crippen LogP contribution is 2.31. The van der Waals surface area contributed by atoms with Crippen LogP contribution in [0.3, 0.4) is 0 Å². The Bertz CT molecular complexity index is 739. The van der Waals surface area contributed by atoms with Crippen LogP contribution in [0.4, 0.5) is 4.39 Å². The summed E-state index contributed by atoms with van der Waals surface area (Å²) < 4.78 is 14.1. The lowest BCUT2D eigenvalue weighted by Crippen LogP contribution is -1.90. The monoisotopic (exact) mass is 360 g/mol. The Hall–Kier alpha value is -1.45. The highest BCUT2D eigenvalue weighted by Gasteiger charge is 2.08. The van der Waals surface area contributed by atoms with Gasteiger partial charge in [0.2, 0.25) is 0 Å². The van der Waals surface area contributed by atoms with E-state index in [1.807, 2.05) is 12.1 Å². The van der Waals surface area contributed by atoms with E-state index >= 15 is 0 Å². The van der Waals surface area contributed by atoms with Crippen molar-refractivity contribution in [2.75, 3.05) is 0 Å². The van der Waals surface area contributed by atoms with Crippen LogP contribution in [-0.4, -0.2) is 0 Å². The van der Waals surface area contributed by atoms with Gasteiger partial charge in [-0.2, -0.15) is 0 Å². The van der Waals surface area contributed by atoms with Crippen molar-refractivity contribution >= 4 is 27.3 Å². The molecule has 0 N–H and O–H groups in total. The van der Waals surface area contributed by atoms with E-state index in [1.165, 1.54) is 33.0 Å². The van der Waals surface area contributed by atoms with Gasteiger partial charge >= 0.3 is 0 Å². The van der Waals surface area contributed by atoms with Crippen LogP contribution in [0.1, 0.15) is 16.0 Å². The van der Waals surface area contributed by atoms with E-state index in [0.717, 1.165) is 16.5 Å². The Labute approximate surface area is 136 Å². The highest BCUT2D eigenvalue weighted by atomic mass is 79.9. The molecule has 3 heteroatoms. The van der Waals surface area contributed by atoms with Crippen LogP contribution in [0.15, 0.2) is 59.1 Å². The number of benzene rings is 2. The van der Waals surface area contributed by atoms with Crippen LogP contribution in [0.25, 0.3) is 10.4 Å². The van der Waals surface area contributed by atoms with Crippen LogP contribution in [0, 0.1) is 12.7 Å². The molecule has 0 unspecified atom stereocenters. The van der Waals surface area contributed by atoms with Crippen molar-refractivity contribution in [2.45, 2.75) is 13.3 Å². The summed E-state index contributed by atoms with van der Waals surface area (Å²) in [7, 11) is 0. The number of hydrogen-bond donors (Lipinski definition) is 0. The van der Waals surface area contributed by atoms with Crippen molar-refractivity contribution < 1.29 is 4.39 Å². The Morgan fingerprint density at radius 1 is 1.00 bits per heavy atom. The highest BCUT2D eigenvalue weighted by molar-refractivity contribution is 9.10. The first-order valence-electron chi connectivity index (χ1n) is 6.72. The van der Waals surface area contributed by atoms with Crippen molar-refractivity contribution in [1.82, 2.24) is 0 Å². The minimum Gasteiger partial charge on any atom is -0.207 e. The van der Waals surface area contributed by atoms with Crippen LogP contribution >= 0.6 is 27.3 Å². The lowest BCUT2D eigenvalue weighted by molar-refractivity contribution is 0.628. The maximum absolute atomic E-state index is 13.0. The molecular weight excluding hydrogens is 347 g/mol. The van der Waals surface area contributed by atoms with Crippen molar-refractivity contribution in [2.24, 2.45) is 0 Å². The zero-order chi connectivity index (χ0) is 14.8. The summed E-state index contributed by atoms with van der Waals surface area (Å²) in [5.41, 5.74) is 3.68. The summed E-state index contributed by atoms with van der Waals surface area (Å²) in [4.78, 5) is 2.49. The summed E-state index contributed by atoms with van der Waals surface area (Å²) in [5.74, 6) is -0.195. The summed E-state index contributed by atoms with van der Waals surface area (Å²) in [6.07, 6.45) is 0.916. The molecule has 0 bridgehead atoms. The van der Waals surface area contributed by atoms with Gasteiger partial charge in [-0.15, -0.1) is 11.3 Å². The molecule has 0 spiro atoms. The second-order valence-corrected chi connectivity index (χ2v) is 7.01. The van der Waals surface area contributed by atoms with Crippen molar-refractivity contribution in [3.8, 4) is 10.4 Å². The van der Waals surface area contributed by atoms with Gasteiger partial charge in [-0.3, -0.25) is 0 Å². The van der Waals surface area contributed by atoms with E-state index in [9.17, 15) is 4.39 Å². The normalized spacial score (nSPS) is 10.8. The minimum absolute atomic E-state index is 0.195. The van der Waals surface area contributed by atoms with Gasteiger partial charge < -0.3 is 0 Å². The molecule has 106 valence electrons. The molecule has 0 fully saturated rings. The van der Waals surface area contributed by atoms with Gasteiger partial charge in [-0.25, -0.2) is 4.39 Å². The van der Waals surface area contributed by atoms with Crippen LogP contribution in [-0.2, 0) is 6.42 Å². The maximum atomic E-state index is 13.0. The molecule has 1 heterocycles. The average molecular weight is 361 g/mol. The number of thiophene rings is 1. The maximum Gasteiger partial charge on any atom is 0.123 e. The molecule has 0 aliphatic rings. The van der Waals surface area contributed by atoms with E-state index in [0.29, 0.717) is 0 Å². The minimum atomic E-state index is -0.195. The molecule has 0 radical (unpaired) electrons. The van der Waals surface area contributed by atoms with E-state index in [2.05, 4.69) is 53.2 Å². The standard InChI is InChI=1S/C18H14BrFS/c1-12-3-2-4-17(19)16(12)11-15-9-10-18(21-15)13-5-7-14(20)8-6-13/h2-10H,11H2,1H3. The van der Waals surface area contributed by atoms with Gasteiger partial charge in [-0.05, 0) is 53.9 Å². The molecule has 2 aromatic carbocycles. The third-order valence-electron chi connectivity index (χ3n) is 3.49. The molecule has 0 aliphatic carbocycles. The first-order valence-corrected chi connectivity index (χ1v) is 8.33. The lowest BCUT2D eigenvalue weighted by atomic mass is 10.1. The molecule has 0 saturated carbocycles. The Morgan fingerprint density at radius 3 is 2.48 bits per heavy atom. The third-order valence-corrected chi connectivity index (χ3v) is 5.37. The summed E-state index contributed by atoms with van der Waals surface area (Å²) in [6.45, 7) is 2.13. The summed E-state index contributed by atoms with van der Waals surface area (Å²) >= 11 is 5.39. The molecular formula is C18H14BrFS. The van der Waals surface area contributed by atoms with Crippen LogP contribution < -0.4 is 0 Å². The fraction of sp³-hybridized carbons (Fsp3) is 0.111. The van der Waals surface area contributed by atoms with Crippen molar-refractivity contribution in [1.29, 1.82) is 0 Å². The largest absolute Gasteiger partial charge is 0.207 e. The predicted molar refractivity (Wildman–Crippen MR) is 91.4 cm³/mol. The second-order valence-electron chi connectivity index (χ2n) is 4.98. The Morgan fingerprint density at radius 2 is 1.76 bits per heavy atom. The van der Waals surface area contributed by atoms with E-state index < -0.39 is 0 Å². The first-order chi connectivity index (χ1) is 10.1. The number of rotatable bonds is 3. The van der Waals surface area contributed by atoms with Crippen molar-refractivity contribution in [3.05, 3.63) is 80.9 Å². The summed E-state index contributed by atoms with van der Waals surface area (Å²) in [6, 6.07) is 17.2. The molecule has 0 amide bonds. The molecule has 1 aromatic heterocycles. The smallest absolute Gasteiger partial charge is 0.123 e. The van der Waals surface area contributed by atoms with Gasteiger partial charge in [0.25, 0.3) is 0 Å². The molecule has 0 aliphatic heterocycles. The van der Waals surface area contributed by atoms with Crippen LogP contribution in [0.2, 0.25) is 0 Å². The predicted octanol–water partition coefficient (Wildman–Crippen LogP) is 6.22. The van der Waals surface area contributed by atoms with Gasteiger partial charge in [-0.1, -0.05) is 40.2 Å². The fourth-order valence-electron chi connectivity index (χ4n) is 2.31.